The van der Waals surface area contributed by atoms with Crippen molar-refractivity contribution >= 4 is 0 Å². The van der Waals surface area contributed by atoms with Crippen LogP contribution in [0.25, 0.3) is 0 Å². The Bertz CT molecular complexity index is 687. The van der Waals surface area contributed by atoms with Crippen molar-refractivity contribution in [2.75, 3.05) is 13.7 Å². The lowest BCUT2D eigenvalue weighted by Crippen LogP contribution is -2.14. The topological polar surface area (TPSA) is 30.5 Å². The lowest BCUT2D eigenvalue weighted by Gasteiger charge is -2.13. The second-order valence-corrected chi connectivity index (χ2v) is 5.64. The molecule has 6 heteroatoms. The molecule has 0 amide bonds. The summed E-state index contributed by atoms with van der Waals surface area (Å²) >= 11 is 0. The predicted octanol–water partition coefficient (Wildman–Crippen LogP) is 4.79. The molecular formula is C19H22F3NO2. The summed E-state index contributed by atoms with van der Waals surface area (Å²) in [5, 5.41) is 3.15. The largest absolute Gasteiger partial charge is 0.493 e. The minimum Gasteiger partial charge on any atom is -0.493 e. The average Bonchev–Trinajstić information content (AvgIpc) is 2.59. The number of ether oxygens (including phenoxy) is 2. The SMILES string of the molecule is CCCOc1cc(CNCc2cccc(C(F)(F)F)c2)ccc1OC. The normalized spacial score (nSPS) is 11.4. The highest BCUT2D eigenvalue weighted by molar-refractivity contribution is 5.43. The summed E-state index contributed by atoms with van der Waals surface area (Å²) in [5.74, 6) is 1.33. The number of nitrogens with one attached hydrogen (secondary N) is 1. The van der Waals surface area contributed by atoms with Crippen molar-refractivity contribution in [3.8, 4) is 11.5 Å². The molecule has 3 nitrogen and oxygen atoms in total. The molecule has 0 spiro atoms. The summed E-state index contributed by atoms with van der Waals surface area (Å²) in [4.78, 5) is 0. The first kappa shape index (κ1) is 19.1. The Morgan fingerprint density at radius 1 is 0.960 bits per heavy atom. The van der Waals surface area contributed by atoms with Crippen molar-refractivity contribution in [1.82, 2.24) is 5.32 Å². The number of hydrogen-bond donors (Lipinski definition) is 1. The van der Waals surface area contributed by atoms with Gasteiger partial charge >= 0.3 is 6.18 Å². The van der Waals surface area contributed by atoms with Crippen LogP contribution in [0.2, 0.25) is 0 Å². The van der Waals surface area contributed by atoms with E-state index in [9.17, 15) is 13.2 Å². The third kappa shape index (κ3) is 5.67. The Hall–Kier alpha value is -2.21. The molecule has 0 aromatic heterocycles. The van der Waals surface area contributed by atoms with Gasteiger partial charge < -0.3 is 14.8 Å². The van der Waals surface area contributed by atoms with Crippen molar-refractivity contribution in [1.29, 1.82) is 0 Å². The minimum absolute atomic E-state index is 0.348. The van der Waals surface area contributed by atoms with E-state index in [1.54, 1.807) is 13.2 Å². The van der Waals surface area contributed by atoms with Gasteiger partial charge in [-0.15, -0.1) is 0 Å². The fourth-order valence-electron chi connectivity index (χ4n) is 2.36. The Labute approximate surface area is 145 Å². The first-order valence-electron chi connectivity index (χ1n) is 8.10. The Kier molecular flexibility index (Phi) is 6.70. The van der Waals surface area contributed by atoms with E-state index in [0.717, 1.165) is 24.1 Å². The number of alkyl halides is 3. The molecule has 0 saturated heterocycles. The van der Waals surface area contributed by atoms with Crippen molar-refractivity contribution in [2.45, 2.75) is 32.6 Å². The lowest BCUT2D eigenvalue weighted by molar-refractivity contribution is -0.137. The second-order valence-electron chi connectivity index (χ2n) is 5.64. The average molecular weight is 353 g/mol. The molecule has 0 aliphatic heterocycles. The highest BCUT2D eigenvalue weighted by Crippen LogP contribution is 2.30. The quantitative estimate of drug-likeness (QED) is 0.740. The van der Waals surface area contributed by atoms with Crippen molar-refractivity contribution in [3.63, 3.8) is 0 Å². The van der Waals surface area contributed by atoms with Gasteiger partial charge in [-0.1, -0.05) is 31.2 Å². The molecule has 0 atom stereocenters. The van der Waals surface area contributed by atoms with Gasteiger partial charge in [0.05, 0.1) is 19.3 Å². The minimum atomic E-state index is -4.32. The van der Waals surface area contributed by atoms with Gasteiger partial charge in [0, 0.05) is 13.1 Å². The van der Waals surface area contributed by atoms with E-state index in [-0.39, 0.29) is 0 Å². The summed E-state index contributed by atoms with van der Waals surface area (Å²) in [6, 6.07) is 10.9. The van der Waals surface area contributed by atoms with E-state index in [0.29, 0.717) is 36.8 Å². The second kappa shape index (κ2) is 8.76. The van der Waals surface area contributed by atoms with Gasteiger partial charge in [-0.3, -0.25) is 0 Å². The molecule has 2 rings (SSSR count). The Morgan fingerprint density at radius 3 is 2.32 bits per heavy atom. The lowest BCUT2D eigenvalue weighted by atomic mass is 10.1. The van der Waals surface area contributed by atoms with Gasteiger partial charge in [-0.05, 0) is 35.7 Å². The molecule has 0 radical (unpaired) electrons. The van der Waals surface area contributed by atoms with E-state index < -0.39 is 11.7 Å². The number of halogens is 3. The summed E-state index contributed by atoms with van der Waals surface area (Å²) in [7, 11) is 1.58. The van der Waals surface area contributed by atoms with Gasteiger partial charge in [-0.25, -0.2) is 0 Å². The number of hydrogen-bond acceptors (Lipinski definition) is 3. The fraction of sp³-hybridized carbons (Fsp3) is 0.368. The van der Waals surface area contributed by atoms with Gasteiger partial charge in [0.2, 0.25) is 0 Å². The standard InChI is InChI=1S/C19H22F3NO2/c1-3-9-25-18-11-15(7-8-17(18)24-2)13-23-12-14-5-4-6-16(10-14)19(20,21)22/h4-8,10-11,23H,3,9,12-13H2,1-2H3. The predicted molar refractivity (Wildman–Crippen MR) is 90.8 cm³/mol. The zero-order valence-corrected chi connectivity index (χ0v) is 14.3. The van der Waals surface area contributed by atoms with Crippen LogP contribution < -0.4 is 14.8 Å². The third-order valence-electron chi connectivity index (χ3n) is 3.60. The van der Waals surface area contributed by atoms with Gasteiger partial charge in [0.15, 0.2) is 11.5 Å². The zero-order chi connectivity index (χ0) is 18.3. The molecule has 136 valence electrons. The summed E-state index contributed by atoms with van der Waals surface area (Å²) in [6.07, 6.45) is -3.43. The highest BCUT2D eigenvalue weighted by Gasteiger charge is 2.30. The van der Waals surface area contributed by atoms with Crippen LogP contribution in [0.15, 0.2) is 42.5 Å². The maximum Gasteiger partial charge on any atom is 0.416 e. The van der Waals surface area contributed by atoms with E-state index in [2.05, 4.69) is 5.32 Å². The summed E-state index contributed by atoms with van der Waals surface area (Å²) < 4.78 is 49.1. The first-order chi connectivity index (χ1) is 11.9. The number of rotatable bonds is 8. The first-order valence-corrected chi connectivity index (χ1v) is 8.10. The summed E-state index contributed by atoms with van der Waals surface area (Å²) in [6.45, 7) is 3.48. The molecular weight excluding hydrogens is 331 g/mol. The van der Waals surface area contributed by atoms with Crippen molar-refractivity contribution < 1.29 is 22.6 Å². The van der Waals surface area contributed by atoms with Crippen molar-refractivity contribution in [3.05, 3.63) is 59.2 Å². The zero-order valence-electron chi connectivity index (χ0n) is 14.3. The molecule has 0 fully saturated rings. The highest BCUT2D eigenvalue weighted by atomic mass is 19.4. The number of benzene rings is 2. The number of methoxy groups -OCH3 is 1. The van der Waals surface area contributed by atoms with Gasteiger partial charge in [0.1, 0.15) is 0 Å². The van der Waals surface area contributed by atoms with Crippen LogP contribution in [0, 0.1) is 0 Å². The summed E-state index contributed by atoms with van der Waals surface area (Å²) in [5.41, 5.74) is 0.927. The molecule has 0 heterocycles. The van der Waals surface area contributed by atoms with Crippen LogP contribution >= 0.6 is 0 Å². The van der Waals surface area contributed by atoms with Crippen LogP contribution in [-0.2, 0) is 19.3 Å². The van der Waals surface area contributed by atoms with Crippen LogP contribution in [0.4, 0.5) is 13.2 Å². The molecule has 2 aromatic carbocycles. The molecule has 0 saturated carbocycles. The molecule has 1 N–H and O–H groups in total. The monoisotopic (exact) mass is 353 g/mol. The Morgan fingerprint density at radius 2 is 1.68 bits per heavy atom. The maximum atomic E-state index is 12.7. The van der Waals surface area contributed by atoms with Gasteiger partial charge in [0.25, 0.3) is 0 Å². The molecule has 25 heavy (non-hydrogen) atoms. The molecule has 2 aromatic rings. The smallest absolute Gasteiger partial charge is 0.416 e. The van der Waals surface area contributed by atoms with E-state index in [4.69, 9.17) is 9.47 Å². The maximum absolute atomic E-state index is 12.7. The van der Waals surface area contributed by atoms with Gasteiger partial charge in [-0.2, -0.15) is 13.2 Å². The van der Waals surface area contributed by atoms with E-state index in [1.807, 2.05) is 25.1 Å². The third-order valence-corrected chi connectivity index (χ3v) is 3.60. The van der Waals surface area contributed by atoms with Crippen LogP contribution in [0.5, 0.6) is 11.5 Å². The molecule has 0 aliphatic carbocycles. The van der Waals surface area contributed by atoms with Crippen molar-refractivity contribution in [2.24, 2.45) is 0 Å². The van der Waals surface area contributed by atoms with Crippen LogP contribution in [-0.4, -0.2) is 13.7 Å². The molecule has 0 aliphatic rings. The molecule has 0 unspecified atom stereocenters. The van der Waals surface area contributed by atoms with E-state index in [1.165, 1.54) is 6.07 Å². The van der Waals surface area contributed by atoms with Crippen LogP contribution in [0.1, 0.15) is 30.0 Å². The molecule has 0 bridgehead atoms. The Balaban J connectivity index is 1.97. The van der Waals surface area contributed by atoms with Crippen LogP contribution in [0.3, 0.4) is 0 Å². The fourth-order valence-corrected chi connectivity index (χ4v) is 2.36. The van der Waals surface area contributed by atoms with E-state index >= 15 is 0 Å².